The predicted octanol–water partition coefficient (Wildman–Crippen LogP) is 5.04. The number of benzene rings is 3. The fourth-order valence-corrected chi connectivity index (χ4v) is 5.78. The van der Waals surface area contributed by atoms with Gasteiger partial charge in [0.25, 0.3) is 0 Å². The van der Waals surface area contributed by atoms with Gasteiger partial charge in [0.05, 0.1) is 37.5 Å². The van der Waals surface area contributed by atoms with Gasteiger partial charge in [-0.25, -0.2) is 0 Å². The first kappa shape index (κ1) is 22.6. The van der Waals surface area contributed by atoms with E-state index in [2.05, 4.69) is 0 Å². The van der Waals surface area contributed by atoms with Gasteiger partial charge in [-0.3, -0.25) is 9.59 Å². The van der Waals surface area contributed by atoms with Crippen molar-refractivity contribution >= 4 is 35.1 Å². The highest BCUT2D eigenvalue weighted by atomic mass is 35.5. The molecule has 0 aliphatic rings. The molecule has 0 spiro atoms. The summed E-state index contributed by atoms with van der Waals surface area (Å²) in [7, 11) is -0.183. The molecule has 0 amide bonds. The zero-order chi connectivity index (χ0) is 22.6. The summed E-state index contributed by atoms with van der Waals surface area (Å²) < 4.78 is 30.1. The minimum absolute atomic E-state index is 0.00476. The smallest absolute Gasteiger partial charge is 0.249 e. The van der Waals surface area contributed by atoms with E-state index in [1.165, 1.54) is 63.8 Å². The lowest BCUT2D eigenvalue weighted by Crippen LogP contribution is -2.21. The van der Waals surface area contributed by atoms with Gasteiger partial charge in [-0.2, -0.15) is 0 Å². The summed E-state index contributed by atoms with van der Waals surface area (Å²) in [5, 5.41) is 0.125. The van der Waals surface area contributed by atoms with Crippen molar-refractivity contribution in [2.75, 3.05) is 21.3 Å². The van der Waals surface area contributed by atoms with E-state index in [1.807, 2.05) is 0 Å². The minimum atomic E-state index is -4.39. The SMILES string of the molecule is COc1ccc(C(=O)P(=O)(C(=O)c2c(Cl)cccc2OC)c2ccccc2)c(OC)c1. The number of halogens is 1. The van der Waals surface area contributed by atoms with Gasteiger partial charge < -0.3 is 18.8 Å². The monoisotopic (exact) mass is 458 g/mol. The second-order valence-electron chi connectivity index (χ2n) is 6.44. The number of rotatable bonds is 8. The van der Waals surface area contributed by atoms with Gasteiger partial charge in [0.15, 0.2) is 0 Å². The van der Waals surface area contributed by atoms with E-state index in [9.17, 15) is 14.2 Å². The standard InChI is InChI=1S/C23H20ClO6P/c1-28-15-12-13-17(20(14-15)30-3)22(25)31(27,16-8-5-4-6-9-16)23(26)21-18(24)10-7-11-19(21)29-2/h4-14H,1-3H3. The van der Waals surface area contributed by atoms with E-state index < -0.39 is 18.2 Å². The molecule has 0 saturated carbocycles. The lowest BCUT2D eigenvalue weighted by atomic mass is 10.2. The average Bonchev–Trinajstić information content (AvgIpc) is 2.82. The first-order chi connectivity index (χ1) is 14.9. The summed E-state index contributed by atoms with van der Waals surface area (Å²) in [6.07, 6.45) is 0. The molecule has 0 saturated heterocycles. The maximum atomic E-state index is 14.4. The van der Waals surface area contributed by atoms with Crippen molar-refractivity contribution in [1.29, 1.82) is 0 Å². The van der Waals surface area contributed by atoms with Crippen LogP contribution in [0.2, 0.25) is 5.02 Å². The van der Waals surface area contributed by atoms with Crippen molar-refractivity contribution in [3.63, 3.8) is 0 Å². The first-order valence-corrected chi connectivity index (χ1v) is 11.3. The van der Waals surface area contributed by atoms with Crippen LogP contribution in [0.25, 0.3) is 0 Å². The van der Waals surface area contributed by atoms with Crippen molar-refractivity contribution in [2.24, 2.45) is 0 Å². The summed E-state index contributed by atoms with van der Waals surface area (Å²) in [6, 6.07) is 16.9. The number of carbonyl (C=O) groups is 2. The van der Waals surface area contributed by atoms with Crippen LogP contribution in [-0.4, -0.2) is 32.4 Å². The summed E-state index contributed by atoms with van der Waals surface area (Å²) >= 11 is 6.27. The molecule has 3 aromatic rings. The molecule has 0 radical (unpaired) electrons. The Morgan fingerprint density at radius 1 is 0.774 bits per heavy atom. The Morgan fingerprint density at radius 3 is 2.06 bits per heavy atom. The summed E-state index contributed by atoms with van der Waals surface area (Å²) in [4.78, 5) is 27.4. The third-order valence-corrected chi connectivity index (χ3v) is 7.69. The zero-order valence-electron chi connectivity index (χ0n) is 17.1. The van der Waals surface area contributed by atoms with Crippen molar-refractivity contribution in [1.82, 2.24) is 0 Å². The molecule has 31 heavy (non-hydrogen) atoms. The van der Waals surface area contributed by atoms with E-state index in [0.29, 0.717) is 5.75 Å². The number of hydrogen-bond acceptors (Lipinski definition) is 6. The third kappa shape index (κ3) is 4.09. The van der Waals surface area contributed by atoms with Crippen molar-refractivity contribution < 1.29 is 28.4 Å². The molecule has 160 valence electrons. The van der Waals surface area contributed by atoms with Crippen LogP contribution in [0.3, 0.4) is 0 Å². The Kier molecular flexibility index (Phi) is 6.84. The molecular weight excluding hydrogens is 439 g/mol. The summed E-state index contributed by atoms with van der Waals surface area (Å²) in [5.41, 5.74) is -1.90. The number of carbonyl (C=O) groups excluding carboxylic acids is 2. The summed E-state index contributed by atoms with van der Waals surface area (Å²) in [5.74, 6) is 0.713. The Hall–Kier alpha value is -3.08. The van der Waals surface area contributed by atoms with Gasteiger partial charge in [0.1, 0.15) is 17.2 Å². The fourth-order valence-electron chi connectivity index (χ4n) is 3.15. The van der Waals surface area contributed by atoms with Crippen LogP contribution in [0.5, 0.6) is 17.2 Å². The van der Waals surface area contributed by atoms with Crippen molar-refractivity contribution in [2.45, 2.75) is 0 Å². The van der Waals surface area contributed by atoms with E-state index in [-0.39, 0.29) is 33.0 Å². The molecule has 0 N–H and O–H groups in total. The number of hydrogen-bond donors (Lipinski definition) is 0. The van der Waals surface area contributed by atoms with Crippen LogP contribution in [0.15, 0.2) is 66.7 Å². The minimum Gasteiger partial charge on any atom is -0.497 e. The van der Waals surface area contributed by atoms with Crippen LogP contribution in [0.4, 0.5) is 0 Å². The highest BCUT2D eigenvalue weighted by Gasteiger charge is 2.45. The molecule has 0 heterocycles. The van der Waals surface area contributed by atoms with E-state index in [4.69, 9.17) is 25.8 Å². The van der Waals surface area contributed by atoms with Gasteiger partial charge in [-0.05, 0) is 24.3 Å². The second kappa shape index (κ2) is 9.38. The Morgan fingerprint density at radius 2 is 1.45 bits per heavy atom. The van der Waals surface area contributed by atoms with E-state index in [1.54, 1.807) is 24.3 Å². The van der Waals surface area contributed by atoms with Gasteiger partial charge in [0.2, 0.25) is 18.2 Å². The highest BCUT2D eigenvalue weighted by Crippen LogP contribution is 2.54. The Bertz CT molecular complexity index is 1180. The topological polar surface area (TPSA) is 78.9 Å². The Labute approximate surface area is 185 Å². The molecule has 8 heteroatoms. The summed E-state index contributed by atoms with van der Waals surface area (Å²) in [6.45, 7) is 0. The molecule has 3 aromatic carbocycles. The average molecular weight is 459 g/mol. The third-order valence-electron chi connectivity index (χ3n) is 4.74. The van der Waals surface area contributed by atoms with Crippen molar-refractivity contribution in [3.8, 4) is 17.2 Å². The van der Waals surface area contributed by atoms with Gasteiger partial charge in [-0.1, -0.05) is 48.0 Å². The van der Waals surface area contributed by atoms with E-state index >= 15 is 0 Å². The van der Waals surface area contributed by atoms with Crippen LogP contribution in [-0.2, 0) is 4.57 Å². The quantitative estimate of drug-likeness (QED) is 0.440. The number of ether oxygens (including phenoxy) is 3. The van der Waals surface area contributed by atoms with Gasteiger partial charge in [-0.15, -0.1) is 0 Å². The van der Waals surface area contributed by atoms with Crippen LogP contribution >= 0.6 is 18.7 Å². The van der Waals surface area contributed by atoms with Crippen LogP contribution in [0.1, 0.15) is 20.7 Å². The maximum absolute atomic E-state index is 14.4. The van der Waals surface area contributed by atoms with Crippen LogP contribution in [0, 0.1) is 0 Å². The van der Waals surface area contributed by atoms with E-state index in [0.717, 1.165) is 0 Å². The van der Waals surface area contributed by atoms with Gasteiger partial charge >= 0.3 is 0 Å². The predicted molar refractivity (Wildman–Crippen MR) is 120 cm³/mol. The van der Waals surface area contributed by atoms with Crippen molar-refractivity contribution in [3.05, 3.63) is 82.9 Å². The highest BCUT2D eigenvalue weighted by molar-refractivity contribution is 8.01. The molecule has 0 aromatic heterocycles. The largest absolute Gasteiger partial charge is 0.497 e. The molecule has 1 unspecified atom stereocenters. The molecule has 0 bridgehead atoms. The molecule has 6 nitrogen and oxygen atoms in total. The lowest BCUT2D eigenvalue weighted by Gasteiger charge is -2.20. The fraction of sp³-hybridized carbons (Fsp3) is 0.130. The van der Waals surface area contributed by atoms with Gasteiger partial charge in [0, 0.05) is 11.4 Å². The Balaban J connectivity index is 2.27. The van der Waals surface area contributed by atoms with Crippen LogP contribution < -0.4 is 19.5 Å². The number of methoxy groups -OCH3 is 3. The first-order valence-electron chi connectivity index (χ1n) is 9.18. The molecule has 0 aliphatic carbocycles. The molecule has 0 aliphatic heterocycles. The normalized spacial score (nSPS) is 12.5. The lowest BCUT2D eigenvalue weighted by molar-refractivity contribution is 0.103. The molecule has 3 rings (SSSR count). The molecule has 0 fully saturated rings. The maximum Gasteiger partial charge on any atom is 0.249 e. The molecular formula is C23H20ClO6P. The molecule has 1 atom stereocenters. The second-order valence-corrected chi connectivity index (χ2v) is 9.39. The zero-order valence-corrected chi connectivity index (χ0v) is 18.8.